The lowest BCUT2D eigenvalue weighted by Gasteiger charge is -2.14. The molecule has 0 radical (unpaired) electrons. The number of aliphatic carboxylic acids is 1. The Morgan fingerprint density at radius 3 is 2.57 bits per heavy atom. The van der Waals surface area contributed by atoms with E-state index in [1.165, 1.54) is 35.4 Å². The normalized spacial score (nSPS) is 11.8. The lowest BCUT2D eigenvalue weighted by Crippen LogP contribution is -2.23. The van der Waals surface area contributed by atoms with Gasteiger partial charge in [-0.1, -0.05) is 6.07 Å². The number of carbonyl (C=O) groups is 2. The summed E-state index contributed by atoms with van der Waals surface area (Å²) in [5.74, 6) is -4.11. The third-order valence-electron chi connectivity index (χ3n) is 6.07. The molecular formula is C28H24N8O9S. The van der Waals surface area contributed by atoms with Crippen molar-refractivity contribution < 1.29 is 37.9 Å². The summed E-state index contributed by atoms with van der Waals surface area (Å²) in [6.07, 6.45) is 3.00. The summed E-state index contributed by atoms with van der Waals surface area (Å²) < 4.78 is 32.3. The molecule has 2 aromatic carbocycles. The van der Waals surface area contributed by atoms with E-state index in [2.05, 4.69) is 24.9 Å². The number of carboxylic acids is 1. The molecule has 236 valence electrons. The van der Waals surface area contributed by atoms with Crippen molar-refractivity contribution in [1.82, 2.24) is 24.8 Å². The number of carboxylic acid groups (broad SMARTS) is 1. The highest BCUT2D eigenvalue weighted by Gasteiger charge is 2.30. The van der Waals surface area contributed by atoms with Gasteiger partial charge >= 0.3 is 23.5 Å². The zero-order chi connectivity index (χ0) is 33.5. The number of carbonyl (C=O) groups excluding carboxylic acids is 1. The fourth-order valence-corrected chi connectivity index (χ4v) is 4.27. The van der Waals surface area contributed by atoms with Gasteiger partial charge in [0.1, 0.15) is 23.0 Å². The first-order valence-corrected chi connectivity index (χ1v) is 14.3. The van der Waals surface area contributed by atoms with Gasteiger partial charge in [-0.3, -0.25) is 14.9 Å². The van der Waals surface area contributed by atoms with Crippen LogP contribution in [0.1, 0.15) is 16.7 Å². The molecule has 0 bridgehead atoms. The van der Waals surface area contributed by atoms with Gasteiger partial charge in [-0.05, 0) is 48.4 Å². The first kappa shape index (κ1) is 32.8. The van der Waals surface area contributed by atoms with E-state index in [0.29, 0.717) is 22.5 Å². The number of aryl methyl sites for hydroxylation is 1. The highest BCUT2D eigenvalue weighted by atomic mass is 32.2. The number of aliphatic imine (C=N–C) groups is 1. The molecule has 3 N–H and O–H groups in total. The summed E-state index contributed by atoms with van der Waals surface area (Å²) in [5, 5.41) is 31.2. The van der Waals surface area contributed by atoms with Gasteiger partial charge < -0.3 is 29.0 Å². The van der Waals surface area contributed by atoms with Crippen LogP contribution in [0.15, 0.2) is 53.8 Å². The van der Waals surface area contributed by atoms with Crippen molar-refractivity contribution in [3.8, 4) is 40.8 Å². The highest BCUT2D eigenvalue weighted by molar-refractivity contribution is 7.80. The van der Waals surface area contributed by atoms with Crippen LogP contribution in [0.5, 0.6) is 23.4 Å². The third kappa shape index (κ3) is 8.10. The second kappa shape index (κ2) is 14.1. The Hall–Kier alpha value is -6.06. The van der Waals surface area contributed by atoms with E-state index < -0.39 is 56.8 Å². The number of nitro groups is 1. The molecule has 1 amide bonds. The number of aromatic amines is 1. The first-order chi connectivity index (χ1) is 21.8. The number of rotatable bonds is 12. The number of imidazole rings is 1. The Balaban J connectivity index is 1.93. The van der Waals surface area contributed by atoms with Gasteiger partial charge in [-0.2, -0.15) is 15.2 Å². The fraction of sp³-hybridized carbons (Fsp3) is 0.179. The van der Waals surface area contributed by atoms with Crippen molar-refractivity contribution in [2.75, 3.05) is 19.8 Å². The van der Waals surface area contributed by atoms with Crippen molar-refractivity contribution >= 4 is 40.2 Å². The number of nitrogens with zero attached hydrogens (tertiary/aromatic N) is 7. The van der Waals surface area contributed by atoms with Gasteiger partial charge in [-0.15, -0.1) is 0 Å². The molecule has 0 fully saturated rings. The van der Waals surface area contributed by atoms with E-state index in [1.807, 2.05) is 6.07 Å². The molecule has 18 heteroatoms. The summed E-state index contributed by atoms with van der Waals surface area (Å²) in [6.45, 7) is 1.65. The quantitative estimate of drug-likeness (QED) is 0.0861. The summed E-state index contributed by atoms with van der Waals surface area (Å²) in [4.78, 5) is 55.9. The maximum Gasteiger partial charge on any atom is 0.375 e. The number of aromatic nitrogens is 4. The maximum absolute atomic E-state index is 12.5. The van der Waals surface area contributed by atoms with E-state index in [4.69, 9.17) is 9.47 Å². The minimum Gasteiger partial charge on any atom is -0.477 e. The summed E-state index contributed by atoms with van der Waals surface area (Å²) >= 11 is -2.67. The van der Waals surface area contributed by atoms with Crippen LogP contribution in [0.25, 0.3) is 11.4 Å². The van der Waals surface area contributed by atoms with Crippen molar-refractivity contribution in [3.05, 3.63) is 75.6 Å². The molecule has 0 saturated heterocycles. The molecule has 0 aliphatic heterocycles. The van der Waals surface area contributed by atoms with E-state index in [0.717, 1.165) is 0 Å². The number of hydrogen-bond acceptors (Lipinski definition) is 12. The van der Waals surface area contributed by atoms with Crippen LogP contribution in [0.4, 0.5) is 11.5 Å². The van der Waals surface area contributed by atoms with Gasteiger partial charge in [0.15, 0.2) is 11.1 Å². The van der Waals surface area contributed by atoms with E-state index >= 15 is 0 Å². The summed E-state index contributed by atoms with van der Waals surface area (Å²) in [5.41, 5.74) is -0.269. The monoisotopic (exact) mass is 648 g/mol. The van der Waals surface area contributed by atoms with Crippen LogP contribution in [0.2, 0.25) is 0 Å². The standard InChI is InChI=1S/C28H24N8O9S/c1-15-4-5-16(13-29)10-21(15)45-28-33-25(32-20(27(38)39)14-46(42)43)23(36(40)41)26(34-28)44-19-9-17(11-22(37)35(2)3)8-18(12-19)24-30-6-7-31-24/h4-10,12H,11,14H2,1-3H3,(H,30,31)(H,38,39)(H,42,43). The largest absolute Gasteiger partial charge is 0.477 e. The molecule has 0 aliphatic rings. The number of nitrogens with one attached hydrogen (secondary N) is 1. The highest BCUT2D eigenvalue weighted by Crippen LogP contribution is 2.40. The maximum atomic E-state index is 12.5. The van der Waals surface area contributed by atoms with Gasteiger partial charge in [0.05, 0.1) is 28.7 Å². The lowest BCUT2D eigenvalue weighted by atomic mass is 10.1. The molecule has 17 nitrogen and oxygen atoms in total. The van der Waals surface area contributed by atoms with Crippen LogP contribution in [-0.2, 0) is 27.1 Å². The van der Waals surface area contributed by atoms with Crippen LogP contribution < -0.4 is 9.47 Å². The number of benzene rings is 2. The molecular weight excluding hydrogens is 624 g/mol. The zero-order valence-corrected chi connectivity index (χ0v) is 25.1. The molecule has 0 spiro atoms. The van der Waals surface area contributed by atoms with Crippen molar-refractivity contribution in [3.63, 3.8) is 0 Å². The number of amides is 1. The average Bonchev–Trinajstić information content (AvgIpc) is 3.52. The van der Waals surface area contributed by atoms with Crippen LogP contribution >= 0.6 is 0 Å². The number of ether oxygens (including phenoxy) is 2. The smallest absolute Gasteiger partial charge is 0.375 e. The Morgan fingerprint density at radius 1 is 1.20 bits per heavy atom. The SMILES string of the molecule is Cc1ccc(C#N)cc1Oc1nc(N=C(CS(=O)O)C(=O)O)c([N+](=O)[O-])c(Oc2cc(CC(=O)N(C)C)cc(-c3ncc[nH]3)c2)n1. The van der Waals surface area contributed by atoms with Gasteiger partial charge in [0, 0.05) is 32.1 Å². The van der Waals surface area contributed by atoms with E-state index in [9.17, 15) is 38.8 Å². The predicted octanol–water partition coefficient (Wildman–Crippen LogP) is 3.55. The molecule has 0 aliphatic carbocycles. The average molecular weight is 649 g/mol. The van der Waals surface area contributed by atoms with Crippen molar-refractivity contribution in [2.24, 2.45) is 4.99 Å². The van der Waals surface area contributed by atoms with E-state index in [1.54, 1.807) is 39.3 Å². The number of likely N-dealkylation sites (N-methyl/N-ethyl adjacent to an activating group) is 1. The molecule has 46 heavy (non-hydrogen) atoms. The van der Waals surface area contributed by atoms with Crippen LogP contribution in [0, 0.1) is 28.4 Å². The van der Waals surface area contributed by atoms with Crippen LogP contribution in [-0.4, -0.2) is 81.1 Å². The second-order valence-corrected chi connectivity index (χ2v) is 10.6. The van der Waals surface area contributed by atoms with Gasteiger partial charge in [0.25, 0.3) is 0 Å². The summed E-state index contributed by atoms with van der Waals surface area (Å²) in [6, 6.07) is 10.4. The summed E-state index contributed by atoms with van der Waals surface area (Å²) in [7, 11) is 3.16. The molecule has 1 unspecified atom stereocenters. The number of hydrogen-bond donors (Lipinski definition) is 3. The van der Waals surface area contributed by atoms with Crippen LogP contribution in [0.3, 0.4) is 0 Å². The van der Waals surface area contributed by atoms with Gasteiger partial charge in [-0.25, -0.2) is 19.0 Å². The number of nitriles is 1. The topological polar surface area (TPSA) is 247 Å². The van der Waals surface area contributed by atoms with Gasteiger partial charge in [0.2, 0.25) is 11.7 Å². The predicted molar refractivity (Wildman–Crippen MR) is 162 cm³/mol. The van der Waals surface area contributed by atoms with E-state index in [-0.39, 0.29) is 29.4 Å². The minimum absolute atomic E-state index is 0.0317. The number of H-pyrrole nitrogens is 1. The van der Waals surface area contributed by atoms with Crippen molar-refractivity contribution in [2.45, 2.75) is 13.3 Å². The Kier molecular flexibility index (Phi) is 10.1. The second-order valence-electron chi connectivity index (χ2n) is 9.63. The van der Waals surface area contributed by atoms with Crippen molar-refractivity contribution in [1.29, 1.82) is 5.26 Å². The molecule has 4 rings (SSSR count). The lowest BCUT2D eigenvalue weighted by molar-refractivity contribution is -0.385. The first-order valence-electron chi connectivity index (χ1n) is 13.0. The minimum atomic E-state index is -2.67. The molecule has 2 aromatic heterocycles. The molecule has 2 heterocycles. The zero-order valence-electron chi connectivity index (χ0n) is 24.3. The Morgan fingerprint density at radius 2 is 1.96 bits per heavy atom. The molecule has 1 atom stereocenters. The molecule has 0 saturated carbocycles. The molecule has 4 aromatic rings. The Labute approximate surface area is 262 Å². The fourth-order valence-electron chi connectivity index (χ4n) is 3.85. The third-order valence-corrected chi connectivity index (χ3v) is 6.59. The Bertz CT molecular complexity index is 1920.